The van der Waals surface area contributed by atoms with Gasteiger partial charge in [-0.25, -0.2) is 9.37 Å². The highest BCUT2D eigenvalue weighted by Crippen LogP contribution is 2.47. The largest absolute Gasteiger partial charge is 0.368 e. The van der Waals surface area contributed by atoms with E-state index in [1.54, 1.807) is 6.07 Å². The van der Waals surface area contributed by atoms with Crippen molar-refractivity contribution in [2.45, 2.75) is 50.0 Å². The van der Waals surface area contributed by atoms with Crippen LogP contribution in [0.2, 0.25) is 0 Å². The normalized spacial score (nSPS) is 23.3. The molecule has 1 amide bonds. The highest BCUT2D eigenvalue weighted by molar-refractivity contribution is 8.24. The van der Waals surface area contributed by atoms with Crippen molar-refractivity contribution in [3.05, 3.63) is 59.5 Å². The van der Waals surface area contributed by atoms with Gasteiger partial charge in [0.2, 0.25) is 5.91 Å². The molecule has 0 radical (unpaired) electrons. The third kappa shape index (κ3) is 5.75. The van der Waals surface area contributed by atoms with Gasteiger partial charge >= 0.3 is 0 Å². The van der Waals surface area contributed by atoms with Crippen LogP contribution in [0.3, 0.4) is 0 Å². The van der Waals surface area contributed by atoms with Gasteiger partial charge in [0.25, 0.3) is 0 Å². The molecule has 8 nitrogen and oxygen atoms in total. The molecule has 3 aromatic rings. The van der Waals surface area contributed by atoms with E-state index in [2.05, 4.69) is 22.4 Å². The van der Waals surface area contributed by atoms with Crippen LogP contribution < -0.4 is 10.2 Å². The average molecular weight is 606 g/mol. The molecule has 1 aromatic heterocycles. The molecule has 218 valence electrons. The first-order chi connectivity index (χ1) is 20.2. The molecule has 11 heteroatoms. The number of anilines is 1. The molecule has 0 bridgehead atoms. The highest BCUT2D eigenvalue weighted by Gasteiger charge is 2.47. The van der Waals surface area contributed by atoms with Crippen LogP contribution in [0, 0.1) is 34.4 Å². The van der Waals surface area contributed by atoms with Gasteiger partial charge in [-0.05, 0) is 61.6 Å². The Morgan fingerprint density at radius 2 is 1.81 bits per heavy atom. The molecule has 42 heavy (non-hydrogen) atoms. The summed E-state index contributed by atoms with van der Waals surface area (Å²) in [5.41, 5.74) is 2.73. The lowest BCUT2D eigenvalue weighted by Gasteiger charge is -2.41. The summed E-state index contributed by atoms with van der Waals surface area (Å²) in [5.74, 6) is -0.370. The summed E-state index contributed by atoms with van der Waals surface area (Å²) in [4.78, 5) is 21.6. The van der Waals surface area contributed by atoms with Crippen LogP contribution in [0.15, 0.2) is 42.5 Å². The average Bonchev–Trinajstić information content (AvgIpc) is 3.64. The van der Waals surface area contributed by atoms with Crippen LogP contribution in [0.25, 0.3) is 21.0 Å². The standard InChI is InChI=1S/C31H32FN5O3S2/c32-22-7-10-24(21(17-22)18-33)30-35-27(25-3-1-2-4-26(25)29(38)36-31(19-34)11-12-31)28(41-30)20-5-8-23(9-6-20)37-13-15-42(39,40)16-14-37/h5-10,17,25-26,39-40H,1-4,11-16H2,(H,36,38)/t25-,26-/m1/s1. The maximum absolute atomic E-state index is 14.0. The van der Waals surface area contributed by atoms with Crippen LogP contribution in [-0.2, 0) is 4.79 Å². The SMILES string of the molecule is N#Cc1cc(F)ccc1-c1nc([C@@H]2CCCC[C@H]2C(=O)NC2(C#N)CC2)c(-c2ccc(N3CCS(O)(O)CC3)cc2)s1. The minimum atomic E-state index is -2.49. The van der Waals surface area contributed by atoms with E-state index in [4.69, 9.17) is 4.98 Å². The second kappa shape index (κ2) is 11.3. The van der Waals surface area contributed by atoms with Crippen molar-refractivity contribution in [2.75, 3.05) is 29.5 Å². The van der Waals surface area contributed by atoms with Crippen LogP contribution in [0.4, 0.5) is 10.1 Å². The molecule has 3 N–H and O–H groups in total. The number of carbonyl (C=O) groups is 1. The Bertz CT molecular complexity index is 1580. The van der Waals surface area contributed by atoms with Crippen LogP contribution >= 0.6 is 21.9 Å². The fraction of sp³-hybridized carbons (Fsp3) is 0.419. The van der Waals surface area contributed by atoms with Gasteiger partial charge in [0.1, 0.15) is 16.4 Å². The van der Waals surface area contributed by atoms with E-state index in [1.165, 1.54) is 23.5 Å². The predicted molar refractivity (Wildman–Crippen MR) is 163 cm³/mol. The third-order valence-electron chi connectivity index (χ3n) is 8.64. The molecular formula is C31H32FN5O3S2. The van der Waals surface area contributed by atoms with Crippen molar-refractivity contribution >= 4 is 33.5 Å². The minimum Gasteiger partial charge on any atom is -0.368 e. The summed E-state index contributed by atoms with van der Waals surface area (Å²) in [6.45, 7) is 1.14. The summed E-state index contributed by atoms with van der Waals surface area (Å²) in [7, 11) is -2.49. The van der Waals surface area contributed by atoms with E-state index < -0.39 is 21.9 Å². The zero-order chi connectivity index (χ0) is 29.5. The minimum absolute atomic E-state index is 0.106. The molecule has 6 rings (SSSR count). The van der Waals surface area contributed by atoms with Crippen molar-refractivity contribution in [3.63, 3.8) is 0 Å². The molecule has 1 saturated heterocycles. The van der Waals surface area contributed by atoms with Gasteiger partial charge in [-0.3, -0.25) is 13.9 Å². The van der Waals surface area contributed by atoms with Crippen molar-refractivity contribution < 1.29 is 18.3 Å². The molecule has 3 fully saturated rings. The Hall–Kier alpha value is -3.48. The lowest BCUT2D eigenvalue weighted by Crippen LogP contribution is -2.42. The summed E-state index contributed by atoms with van der Waals surface area (Å²) in [6, 6.07) is 16.5. The number of nitrogens with one attached hydrogen (secondary N) is 1. The van der Waals surface area contributed by atoms with Gasteiger partial charge in [0.15, 0.2) is 0 Å². The molecular weight excluding hydrogens is 574 g/mol. The summed E-state index contributed by atoms with van der Waals surface area (Å²) in [5, 5.41) is 22.9. The smallest absolute Gasteiger partial charge is 0.225 e. The topological polar surface area (TPSA) is 133 Å². The number of nitrogens with zero attached hydrogens (tertiary/aromatic N) is 4. The molecule has 2 heterocycles. The molecule has 2 saturated carbocycles. The summed E-state index contributed by atoms with van der Waals surface area (Å²) in [6.07, 6.45) is 4.70. The van der Waals surface area contributed by atoms with Crippen molar-refractivity contribution in [3.8, 4) is 33.2 Å². The Kier molecular flexibility index (Phi) is 7.71. The molecule has 3 aliphatic rings. The number of hydrogen-bond acceptors (Lipinski definition) is 8. The summed E-state index contributed by atoms with van der Waals surface area (Å²) >= 11 is 1.43. The number of amides is 1. The van der Waals surface area contributed by atoms with Crippen LogP contribution in [0.5, 0.6) is 0 Å². The van der Waals surface area contributed by atoms with Gasteiger partial charge in [0, 0.05) is 36.2 Å². The first-order valence-corrected chi connectivity index (χ1v) is 16.9. The number of rotatable bonds is 6. The Labute approximate surface area is 250 Å². The van der Waals surface area contributed by atoms with E-state index in [0.717, 1.165) is 41.1 Å². The maximum Gasteiger partial charge on any atom is 0.225 e. The van der Waals surface area contributed by atoms with Gasteiger partial charge in [-0.1, -0.05) is 25.0 Å². The molecule has 0 unspecified atom stereocenters. The van der Waals surface area contributed by atoms with Gasteiger partial charge in [0.05, 0.1) is 39.8 Å². The predicted octanol–water partition coefficient (Wildman–Crippen LogP) is 6.50. The van der Waals surface area contributed by atoms with Gasteiger partial charge in [-0.2, -0.15) is 21.1 Å². The van der Waals surface area contributed by atoms with E-state index in [0.29, 0.717) is 54.4 Å². The number of benzene rings is 2. The first kappa shape index (κ1) is 28.6. The van der Waals surface area contributed by atoms with Gasteiger partial charge in [-0.15, -0.1) is 11.3 Å². The fourth-order valence-electron chi connectivity index (χ4n) is 6.00. The second-order valence-corrected chi connectivity index (χ2v) is 14.9. The van der Waals surface area contributed by atoms with Crippen LogP contribution in [0.1, 0.15) is 55.7 Å². The van der Waals surface area contributed by atoms with E-state index in [1.807, 2.05) is 24.3 Å². The molecule has 2 aromatic carbocycles. The number of carbonyl (C=O) groups excluding carboxylic acids is 1. The van der Waals surface area contributed by atoms with Crippen molar-refractivity contribution in [1.82, 2.24) is 10.3 Å². The van der Waals surface area contributed by atoms with Crippen molar-refractivity contribution in [2.24, 2.45) is 5.92 Å². The van der Waals surface area contributed by atoms with Gasteiger partial charge < -0.3 is 10.2 Å². The zero-order valence-electron chi connectivity index (χ0n) is 23.1. The molecule has 2 atom stereocenters. The van der Waals surface area contributed by atoms with Crippen molar-refractivity contribution in [1.29, 1.82) is 10.5 Å². The monoisotopic (exact) mass is 605 g/mol. The molecule has 0 spiro atoms. The fourth-order valence-corrected chi connectivity index (χ4v) is 8.41. The third-order valence-corrected chi connectivity index (χ3v) is 11.5. The van der Waals surface area contributed by atoms with E-state index in [9.17, 15) is 28.8 Å². The molecule has 2 aliphatic carbocycles. The Morgan fingerprint density at radius 1 is 1.10 bits per heavy atom. The number of nitriles is 2. The lowest BCUT2D eigenvalue weighted by atomic mass is 9.76. The number of hydrogen-bond donors (Lipinski definition) is 3. The quantitative estimate of drug-likeness (QED) is 0.292. The second-order valence-electron chi connectivity index (χ2n) is 11.5. The van der Waals surface area contributed by atoms with Crippen LogP contribution in [-0.4, -0.2) is 50.1 Å². The number of thiazole rings is 1. The number of aromatic nitrogens is 1. The lowest BCUT2D eigenvalue weighted by molar-refractivity contribution is -0.127. The summed E-state index contributed by atoms with van der Waals surface area (Å²) < 4.78 is 34.0. The maximum atomic E-state index is 14.0. The van der Waals surface area contributed by atoms with E-state index >= 15 is 0 Å². The molecule has 1 aliphatic heterocycles. The highest BCUT2D eigenvalue weighted by atomic mass is 32.3. The zero-order valence-corrected chi connectivity index (χ0v) is 24.7. The Morgan fingerprint density at radius 3 is 2.48 bits per heavy atom. The van der Waals surface area contributed by atoms with E-state index in [-0.39, 0.29) is 23.3 Å². The first-order valence-electron chi connectivity index (χ1n) is 14.2. The number of halogens is 1. The Balaban J connectivity index is 1.38.